The Kier molecular flexibility index (Phi) is 4.07. The summed E-state index contributed by atoms with van der Waals surface area (Å²) in [5, 5.41) is 8.07. The van der Waals surface area contributed by atoms with Gasteiger partial charge in [-0.25, -0.2) is 4.68 Å². The highest BCUT2D eigenvalue weighted by molar-refractivity contribution is 5.44. The van der Waals surface area contributed by atoms with Crippen LogP contribution in [-0.2, 0) is 13.6 Å². The van der Waals surface area contributed by atoms with Crippen molar-refractivity contribution in [3.05, 3.63) is 40.6 Å². The molecule has 2 aromatic rings. The van der Waals surface area contributed by atoms with E-state index in [2.05, 4.69) is 35.5 Å². The molecule has 0 saturated heterocycles. The Morgan fingerprint density at radius 1 is 1.41 bits per heavy atom. The van der Waals surface area contributed by atoms with Crippen LogP contribution in [0.5, 0.6) is 11.6 Å². The fraction of sp³-hybridized carbons (Fsp3) is 0.471. The second-order valence-corrected chi connectivity index (χ2v) is 5.76. The predicted molar refractivity (Wildman–Crippen MR) is 85.4 cm³/mol. The van der Waals surface area contributed by atoms with E-state index in [-0.39, 0.29) is 0 Å². The van der Waals surface area contributed by atoms with Gasteiger partial charge in [0.1, 0.15) is 5.75 Å². The average Bonchev–Trinajstić information content (AvgIpc) is 2.78. The van der Waals surface area contributed by atoms with Crippen molar-refractivity contribution in [3.8, 4) is 11.6 Å². The lowest BCUT2D eigenvalue weighted by Gasteiger charge is -2.28. The lowest BCUT2D eigenvalue weighted by molar-refractivity contribution is 0.250. The van der Waals surface area contributed by atoms with Crippen LogP contribution in [0.25, 0.3) is 0 Å². The van der Waals surface area contributed by atoms with Crippen LogP contribution in [0, 0.1) is 13.8 Å². The van der Waals surface area contributed by atoms with Crippen LogP contribution >= 0.6 is 0 Å². The first-order valence-corrected chi connectivity index (χ1v) is 7.64. The van der Waals surface area contributed by atoms with E-state index < -0.39 is 0 Å². The fourth-order valence-electron chi connectivity index (χ4n) is 3.16. The van der Waals surface area contributed by atoms with Crippen LogP contribution in [0.1, 0.15) is 34.8 Å². The number of benzene rings is 1. The molecule has 2 heterocycles. The van der Waals surface area contributed by atoms with Gasteiger partial charge in [0.25, 0.3) is 0 Å². The summed E-state index contributed by atoms with van der Waals surface area (Å²) in [4.78, 5) is 0. The summed E-state index contributed by atoms with van der Waals surface area (Å²) in [6.45, 7) is 5.59. The van der Waals surface area contributed by atoms with E-state index in [1.165, 1.54) is 11.1 Å². The van der Waals surface area contributed by atoms with E-state index >= 15 is 0 Å². The third kappa shape index (κ3) is 2.57. The zero-order chi connectivity index (χ0) is 15.7. The van der Waals surface area contributed by atoms with Gasteiger partial charge < -0.3 is 14.8 Å². The van der Waals surface area contributed by atoms with E-state index in [0.29, 0.717) is 6.04 Å². The zero-order valence-electron chi connectivity index (χ0n) is 13.6. The van der Waals surface area contributed by atoms with Gasteiger partial charge in [-0.15, -0.1) is 0 Å². The number of rotatable bonds is 4. The Hall–Kier alpha value is -2.01. The zero-order valence-corrected chi connectivity index (χ0v) is 13.6. The van der Waals surface area contributed by atoms with E-state index in [1.54, 1.807) is 11.8 Å². The number of nitrogens with one attached hydrogen (secondary N) is 1. The summed E-state index contributed by atoms with van der Waals surface area (Å²) in [5.41, 5.74) is 4.56. The maximum atomic E-state index is 5.83. The van der Waals surface area contributed by atoms with E-state index in [9.17, 15) is 0 Å². The molecule has 0 saturated carbocycles. The monoisotopic (exact) mass is 301 g/mol. The highest BCUT2D eigenvalue weighted by atomic mass is 16.5. The molecule has 1 aliphatic rings. The predicted octanol–water partition coefficient (Wildman–Crippen LogP) is 2.66. The molecule has 118 valence electrons. The van der Waals surface area contributed by atoms with Gasteiger partial charge in [-0.3, -0.25) is 0 Å². The Morgan fingerprint density at radius 2 is 2.23 bits per heavy atom. The van der Waals surface area contributed by atoms with Gasteiger partial charge in [0.2, 0.25) is 5.88 Å². The van der Waals surface area contributed by atoms with Gasteiger partial charge in [0.05, 0.1) is 25.0 Å². The quantitative estimate of drug-likeness (QED) is 0.943. The van der Waals surface area contributed by atoms with Crippen LogP contribution in [-0.4, -0.2) is 23.5 Å². The summed E-state index contributed by atoms with van der Waals surface area (Å²) in [6, 6.07) is 6.63. The molecule has 0 amide bonds. The largest absolute Gasteiger partial charge is 0.493 e. The summed E-state index contributed by atoms with van der Waals surface area (Å²) in [6.07, 6.45) is 0.970. The molecule has 0 bridgehead atoms. The number of hydrogen-bond donors (Lipinski definition) is 1. The van der Waals surface area contributed by atoms with Crippen molar-refractivity contribution >= 4 is 0 Å². The topological polar surface area (TPSA) is 48.3 Å². The number of para-hydroxylation sites is 1. The standard InChI is InChI=1S/C17H23N3O2/c1-11-6-5-7-13-15(8-9-22-16(11)13)18-10-14-12(2)19-20(3)17(14)21-4/h5-7,15,18H,8-10H2,1-4H3. The van der Waals surface area contributed by atoms with Crippen LogP contribution in [0.3, 0.4) is 0 Å². The second kappa shape index (κ2) is 6.01. The molecule has 1 N–H and O–H groups in total. The molecule has 1 atom stereocenters. The van der Waals surface area contributed by atoms with Gasteiger partial charge in [0.15, 0.2) is 0 Å². The smallest absolute Gasteiger partial charge is 0.216 e. The maximum Gasteiger partial charge on any atom is 0.216 e. The third-order valence-corrected chi connectivity index (χ3v) is 4.28. The lowest BCUT2D eigenvalue weighted by atomic mass is 9.98. The molecule has 0 spiro atoms. The second-order valence-electron chi connectivity index (χ2n) is 5.76. The number of fused-ring (bicyclic) bond motifs is 1. The number of hydrogen-bond acceptors (Lipinski definition) is 4. The van der Waals surface area contributed by atoms with Crippen LogP contribution in [0.4, 0.5) is 0 Å². The minimum Gasteiger partial charge on any atom is -0.493 e. The van der Waals surface area contributed by atoms with E-state index in [0.717, 1.165) is 42.5 Å². The highest BCUT2D eigenvalue weighted by Crippen LogP contribution is 2.35. The Bertz CT molecular complexity index is 679. The summed E-state index contributed by atoms with van der Waals surface area (Å²) in [7, 11) is 3.59. The van der Waals surface area contributed by atoms with Crippen molar-refractivity contribution in [1.29, 1.82) is 0 Å². The van der Waals surface area contributed by atoms with Gasteiger partial charge in [-0.1, -0.05) is 18.2 Å². The van der Waals surface area contributed by atoms with Crippen molar-refractivity contribution in [3.63, 3.8) is 0 Å². The number of nitrogens with zero attached hydrogens (tertiary/aromatic N) is 2. The summed E-state index contributed by atoms with van der Waals surface area (Å²) in [5.74, 6) is 1.85. The van der Waals surface area contributed by atoms with Crippen molar-refractivity contribution in [2.24, 2.45) is 7.05 Å². The van der Waals surface area contributed by atoms with Gasteiger partial charge in [-0.05, 0) is 19.4 Å². The molecule has 0 fully saturated rings. The molecule has 1 unspecified atom stereocenters. The normalized spacial score (nSPS) is 17.0. The van der Waals surface area contributed by atoms with Crippen LogP contribution < -0.4 is 14.8 Å². The highest BCUT2D eigenvalue weighted by Gasteiger charge is 2.23. The first-order valence-electron chi connectivity index (χ1n) is 7.64. The van der Waals surface area contributed by atoms with Gasteiger partial charge >= 0.3 is 0 Å². The van der Waals surface area contributed by atoms with Gasteiger partial charge in [-0.2, -0.15) is 5.10 Å². The van der Waals surface area contributed by atoms with Crippen molar-refractivity contribution in [2.75, 3.05) is 13.7 Å². The third-order valence-electron chi connectivity index (χ3n) is 4.28. The minimum absolute atomic E-state index is 0.299. The molecular formula is C17H23N3O2. The van der Waals surface area contributed by atoms with E-state index in [1.807, 2.05) is 14.0 Å². The molecule has 5 heteroatoms. The van der Waals surface area contributed by atoms with Crippen LogP contribution in [0.15, 0.2) is 18.2 Å². The Labute approximate surface area is 131 Å². The molecule has 1 aliphatic heterocycles. The van der Waals surface area contributed by atoms with Crippen molar-refractivity contribution < 1.29 is 9.47 Å². The molecule has 5 nitrogen and oxygen atoms in total. The summed E-state index contributed by atoms with van der Waals surface area (Å²) < 4.78 is 13.1. The minimum atomic E-state index is 0.299. The molecule has 22 heavy (non-hydrogen) atoms. The Balaban J connectivity index is 1.80. The van der Waals surface area contributed by atoms with Gasteiger partial charge in [0, 0.05) is 31.6 Å². The first kappa shape index (κ1) is 14.9. The van der Waals surface area contributed by atoms with E-state index in [4.69, 9.17) is 9.47 Å². The number of ether oxygens (including phenoxy) is 2. The number of aryl methyl sites for hydroxylation is 3. The average molecular weight is 301 g/mol. The first-order chi connectivity index (χ1) is 10.6. The molecule has 1 aromatic heterocycles. The molecule has 1 aromatic carbocycles. The maximum absolute atomic E-state index is 5.83. The summed E-state index contributed by atoms with van der Waals surface area (Å²) >= 11 is 0. The molecular weight excluding hydrogens is 278 g/mol. The van der Waals surface area contributed by atoms with Crippen molar-refractivity contribution in [2.45, 2.75) is 32.9 Å². The fourth-order valence-corrected chi connectivity index (χ4v) is 3.16. The SMILES string of the molecule is COc1c(CNC2CCOc3c(C)cccc32)c(C)nn1C. The molecule has 3 rings (SSSR count). The Morgan fingerprint density at radius 3 is 3.00 bits per heavy atom. The molecule has 0 radical (unpaired) electrons. The number of aromatic nitrogens is 2. The van der Waals surface area contributed by atoms with Crippen molar-refractivity contribution in [1.82, 2.24) is 15.1 Å². The molecule has 0 aliphatic carbocycles. The lowest BCUT2D eigenvalue weighted by Crippen LogP contribution is -2.27. The number of methoxy groups -OCH3 is 1. The van der Waals surface area contributed by atoms with Crippen LogP contribution in [0.2, 0.25) is 0 Å².